The molecule has 0 atom stereocenters. The van der Waals surface area contributed by atoms with Crippen molar-refractivity contribution in [1.29, 1.82) is 0 Å². The van der Waals surface area contributed by atoms with Gasteiger partial charge in [0.25, 0.3) is 0 Å². The summed E-state index contributed by atoms with van der Waals surface area (Å²) in [6.07, 6.45) is 5.80. The molecule has 19 heavy (non-hydrogen) atoms. The van der Waals surface area contributed by atoms with Gasteiger partial charge in [0.2, 0.25) is 0 Å². The van der Waals surface area contributed by atoms with Gasteiger partial charge in [0.15, 0.2) is 0 Å². The number of hydrogen-bond acceptors (Lipinski definition) is 2. The van der Waals surface area contributed by atoms with Gasteiger partial charge in [-0.05, 0) is 30.3 Å². The fourth-order valence-corrected chi connectivity index (χ4v) is 1.50. The number of para-hydroxylation sites is 2. The molecule has 0 aromatic heterocycles. The molecule has 0 saturated carbocycles. The summed E-state index contributed by atoms with van der Waals surface area (Å²) in [5, 5.41) is 3.29. The fraction of sp³-hybridized carbons (Fsp3) is 0.0625. The minimum absolute atomic E-state index is 0. The number of allylic oxidation sites excluding steroid dienone is 1. The smallest absolute Gasteiger partial charge is 0.0629 e. The normalized spacial score (nSPS) is 10.5. The largest absolute Gasteiger partial charge is 0.382 e. The van der Waals surface area contributed by atoms with E-state index in [1.54, 1.807) is 0 Å². The third-order valence-corrected chi connectivity index (χ3v) is 2.40. The van der Waals surface area contributed by atoms with Gasteiger partial charge in [-0.25, -0.2) is 0 Å². The number of hydrogen-bond donors (Lipinski definition) is 1. The molecule has 2 rings (SSSR count). The summed E-state index contributed by atoms with van der Waals surface area (Å²) in [6, 6.07) is 20.0. The molecule has 2 aromatic rings. The van der Waals surface area contributed by atoms with Crippen molar-refractivity contribution in [3.8, 4) is 0 Å². The van der Waals surface area contributed by atoms with Crippen LogP contribution in [0, 0.1) is 0 Å². The van der Waals surface area contributed by atoms with Crippen LogP contribution in [0.1, 0.15) is 0 Å². The zero-order valence-corrected chi connectivity index (χ0v) is 11.4. The van der Waals surface area contributed by atoms with Gasteiger partial charge in [-0.15, -0.1) is 12.4 Å². The Balaban J connectivity index is 0.00000180. The third kappa shape index (κ3) is 5.89. The first-order valence-corrected chi connectivity index (χ1v) is 5.98. The number of halogens is 1. The van der Waals surface area contributed by atoms with Crippen LogP contribution < -0.4 is 5.32 Å². The summed E-state index contributed by atoms with van der Waals surface area (Å²) >= 11 is 0. The zero-order chi connectivity index (χ0) is 12.5. The molecule has 0 bridgehead atoms. The minimum atomic E-state index is 0. The van der Waals surface area contributed by atoms with E-state index in [1.807, 2.05) is 79.0 Å². The molecule has 0 aliphatic rings. The lowest BCUT2D eigenvalue weighted by molar-refractivity contribution is 1.34. The van der Waals surface area contributed by atoms with Gasteiger partial charge < -0.3 is 5.32 Å². The van der Waals surface area contributed by atoms with Crippen LogP contribution in [0.15, 0.2) is 77.8 Å². The molecule has 0 radical (unpaired) electrons. The van der Waals surface area contributed by atoms with Crippen LogP contribution in [0.4, 0.5) is 11.4 Å². The van der Waals surface area contributed by atoms with Crippen molar-refractivity contribution < 1.29 is 0 Å². The molecule has 0 fully saturated rings. The molecule has 98 valence electrons. The van der Waals surface area contributed by atoms with Crippen LogP contribution in [0.2, 0.25) is 0 Å². The highest BCUT2D eigenvalue weighted by atomic mass is 35.5. The van der Waals surface area contributed by atoms with Crippen LogP contribution >= 0.6 is 12.4 Å². The first-order valence-electron chi connectivity index (χ1n) is 5.98. The van der Waals surface area contributed by atoms with Crippen molar-refractivity contribution in [1.82, 2.24) is 0 Å². The van der Waals surface area contributed by atoms with Crippen molar-refractivity contribution in [2.45, 2.75) is 0 Å². The highest BCUT2D eigenvalue weighted by Gasteiger charge is 1.84. The Morgan fingerprint density at radius 3 is 2.21 bits per heavy atom. The average Bonchev–Trinajstić information content (AvgIpc) is 2.45. The van der Waals surface area contributed by atoms with Crippen LogP contribution in [-0.2, 0) is 0 Å². The first kappa shape index (κ1) is 15.0. The molecule has 0 aliphatic heterocycles. The second-order valence-corrected chi connectivity index (χ2v) is 3.79. The van der Waals surface area contributed by atoms with E-state index in [-0.39, 0.29) is 12.4 Å². The summed E-state index contributed by atoms with van der Waals surface area (Å²) in [4.78, 5) is 4.31. The number of nitrogens with zero attached hydrogens (tertiary/aromatic N) is 1. The van der Waals surface area contributed by atoms with Crippen molar-refractivity contribution in [3.05, 3.63) is 72.8 Å². The molecule has 2 aromatic carbocycles. The van der Waals surface area contributed by atoms with E-state index in [0.29, 0.717) is 0 Å². The maximum Gasteiger partial charge on any atom is 0.0629 e. The van der Waals surface area contributed by atoms with Crippen molar-refractivity contribution >= 4 is 30.0 Å². The highest BCUT2D eigenvalue weighted by Crippen LogP contribution is 2.08. The van der Waals surface area contributed by atoms with Gasteiger partial charge in [0, 0.05) is 18.4 Å². The van der Waals surface area contributed by atoms with Gasteiger partial charge in [-0.1, -0.05) is 42.5 Å². The van der Waals surface area contributed by atoms with E-state index in [9.17, 15) is 0 Å². The van der Waals surface area contributed by atoms with Gasteiger partial charge >= 0.3 is 0 Å². The van der Waals surface area contributed by atoms with E-state index in [0.717, 1.165) is 17.9 Å². The van der Waals surface area contributed by atoms with Crippen LogP contribution in [0.25, 0.3) is 0 Å². The van der Waals surface area contributed by atoms with Crippen molar-refractivity contribution in [3.63, 3.8) is 0 Å². The molecule has 2 nitrogen and oxygen atoms in total. The molecule has 0 aliphatic carbocycles. The highest BCUT2D eigenvalue weighted by molar-refractivity contribution is 5.85. The van der Waals surface area contributed by atoms with E-state index >= 15 is 0 Å². The summed E-state index contributed by atoms with van der Waals surface area (Å²) in [5.74, 6) is 0. The third-order valence-electron chi connectivity index (χ3n) is 2.40. The topological polar surface area (TPSA) is 24.4 Å². The van der Waals surface area contributed by atoms with Gasteiger partial charge in [-0.3, -0.25) is 4.99 Å². The van der Waals surface area contributed by atoms with E-state index in [2.05, 4.69) is 10.3 Å². The Morgan fingerprint density at radius 1 is 0.895 bits per heavy atom. The summed E-state index contributed by atoms with van der Waals surface area (Å²) < 4.78 is 0. The number of rotatable bonds is 5. The number of benzene rings is 2. The molecule has 1 N–H and O–H groups in total. The Kier molecular flexibility index (Phi) is 7.06. The van der Waals surface area contributed by atoms with E-state index in [1.165, 1.54) is 0 Å². The van der Waals surface area contributed by atoms with Gasteiger partial charge in [-0.2, -0.15) is 0 Å². The fourth-order valence-electron chi connectivity index (χ4n) is 1.50. The second kappa shape index (κ2) is 8.95. The maximum atomic E-state index is 4.31. The lowest BCUT2D eigenvalue weighted by Crippen LogP contribution is -1.97. The monoisotopic (exact) mass is 272 g/mol. The molecule has 0 saturated heterocycles. The Morgan fingerprint density at radius 2 is 1.53 bits per heavy atom. The number of nitrogens with one attached hydrogen (secondary N) is 1. The minimum Gasteiger partial charge on any atom is -0.382 e. The standard InChI is InChI=1S/C16H16N2.ClH/c1-3-9-15(10-4-1)17-13-7-8-14-18-16-11-5-2-6-12-16;/h1-13,18H,14H2;1H/b8-7+,17-13?;. The number of aliphatic imine (C=N–C) groups is 1. The zero-order valence-electron chi connectivity index (χ0n) is 10.6. The maximum absolute atomic E-state index is 4.31. The predicted octanol–water partition coefficient (Wildman–Crippen LogP) is 4.48. The average molecular weight is 273 g/mol. The van der Waals surface area contributed by atoms with E-state index < -0.39 is 0 Å². The predicted molar refractivity (Wildman–Crippen MR) is 85.9 cm³/mol. The molecular formula is C16H17ClN2. The lowest BCUT2D eigenvalue weighted by Gasteiger charge is -2.00. The molecule has 3 heteroatoms. The molecule has 0 unspecified atom stereocenters. The van der Waals surface area contributed by atoms with Crippen molar-refractivity contribution in [2.75, 3.05) is 11.9 Å². The Hall–Kier alpha value is -2.06. The lowest BCUT2D eigenvalue weighted by atomic mass is 10.3. The summed E-state index contributed by atoms with van der Waals surface area (Å²) in [5.41, 5.74) is 2.10. The van der Waals surface area contributed by atoms with Gasteiger partial charge in [0.1, 0.15) is 0 Å². The van der Waals surface area contributed by atoms with Gasteiger partial charge in [0.05, 0.1) is 5.69 Å². The summed E-state index contributed by atoms with van der Waals surface area (Å²) in [6.45, 7) is 0.796. The van der Waals surface area contributed by atoms with Crippen LogP contribution in [0.3, 0.4) is 0 Å². The number of anilines is 1. The Bertz CT molecular complexity index is 507. The first-order chi connectivity index (χ1) is 8.95. The van der Waals surface area contributed by atoms with Crippen molar-refractivity contribution in [2.24, 2.45) is 4.99 Å². The molecular weight excluding hydrogens is 256 g/mol. The Labute approximate surface area is 120 Å². The van der Waals surface area contributed by atoms with Crippen LogP contribution in [-0.4, -0.2) is 12.8 Å². The quantitative estimate of drug-likeness (QED) is 0.798. The molecule has 0 heterocycles. The molecule has 0 amide bonds. The SMILES string of the molecule is C(/C=C/CNc1ccccc1)=Nc1ccccc1.Cl. The van der Waals surface area contributed by atoms with E-state index in [4.69, 9.17) is 0 Å². The second-order valence-electron chi connectivity index (χ2n) is 3.79. The molecule has 0 spiro atoms. The summed E-state index contributed by atoms with van der Waals surface area (Å²) in [7, 11) is 0. The van der Waals surface area contributed by atoms with Crippen LogP contribution in [0.5, 0.6) is 0 Å².